The number of rotatable bonds is 6. The van der Waals surface area contributed by atoms with E-state index >= 15 is 0 Å². The van der Waals surface area contributed by atoms with E-state index in [0.717, 1.165) is 35.9 Å². The number of halogens is 4. The van der Waals surface area contributed by atoms with Crippen molar-refractivity contribution in [1.82, 2.24) is 4.57 Å². The lowest BCUT2D eigenvalue weighted by Crippen LogP contribution is -2.34. The summed E-state index contributed by atoms with van der Waals surface area (Å²) in [5.74, 6) is 2.20. The van der Waals surface area contributed by atoms with E-state index in [4.69, 9.17) is 0 Å². The first-order valence-electron chi connectivity index (χ1n) is 10.9. The van der Waals surface area contributed by atoms with Gasteiger partial charge in [-0.2, -0.15) is 4.57 Å². The van der Waals surface area contributed by atoms with Gasteiger partial charge in [0.2, 0.25) is 0 Å². The highest BCUT2D eigenvalue weighted by molar-refractivity contribution is 6.50. The molecular weight excluding hydrogens is 443 g/mol. The predicted molar refractivity (Wildman–Crippen MR) is 134 cm³/mol. The molecule has 1 aliphatic heterocycles. The van der Waals surface area contributed by atoms with E-state index in [-0.39, 0.29) is 0 Å². The molecule has 0 unspecified atom stereocenters. The first kappa shape index (κ1) is 24.9. The van der Waals surface area contributed by atoms with Crippen LogP contribution in [0.1, 0.15) is 19.7 Å². The smallest absolute Gasteiger partial charge is 0.418 e. The van der Waals surface area contributed by atoms with E-state index in [1.165, 1.54) is 11.2 Å². The van der Waals surface area contributed by atoms with Crippen LogP contribution in [-0.2, 0) is 6.54 Å². The first-order valence-corrected chi connectivity index (χ1v) is 10.9. The predicted octanol–water partition coefficient (Wildman–Crippen LogP) is 6.69. The second-order valence-corrected chi connectivity index (χ2v) is 7.31. The van der Waals surface area contributed by atoms with Crippen molar-refractivity contribution in [3.05, 3.63) is 91.7 Å². The minimum absolute atomic E-state index is 0.892. The highest BCUT2D eigenvalue weighted by atomic mass is 19.5. The van der Waals surface area contributed by atoms with Crippen molar-refractivity contribution >= 4 is 41.9 Å². The van der Waals surface area contributed by atoms with E-state index in [2.05, 4.69) is 113 Å². The Morgan fingerprint density at radius 3 is 2.12 bits per heavy atom. The van der Waals surface area contributed by atoms with Gasteiger partial charge < -0.3 is 27.1 Å². The first-order chi connectivity index (χ1) is 16.2. The Morgan fingerprint density at radius 2 is 1.53 bits per heavy atom. The van der Waals surface area contributed by atoms with Gasteiger partial charge in [0.1, 0.15) is 5.82 Å². The number of para-hydroxylation sites is 4. The van der Waals surface area contributed by atoms with E-state index < -0.39 is 7.25 Å². The zero-order valence-corrected chi connectivity index (χ0v) is 19.2. The summed E-state index contributed by atoms with van der Waals surface area (Å²) in [7, 11) is -6.00. The van der Waals surface area contributed by atoms with Gasteiger partial charge in [-0.3, -0.25) is 0 Å². The molecule has 178 valence electrons. The van der Waals surface area contributed by atoms with Crippen LogP contribution in [0.25, 0.3) is 23.3 Å². The van der Waals surface area contributed by atoms with Gasteiger partial charge in [-0.05, 0) is 44.2 Å². The molecule has 0 saturated carbocycles. The fraction of sp³-hybridized carbons (Fsp3) is 0.160. The molecule has 3 aromatic rings. The van der Waals surface area contributed by atoms with Gasteiger partial charge in [0.25, 0.3) is 5.82 Å². The summed E-state index contributed by atoms with van der Waals surface area (Å²) in [6, 6.07) is 16.8. The van der Waals surface area contributed by atoms with E-state index in [1.807, 2.05) is 12.4 Å². The number of fused-ring (bicyclic) bond motifs is 2. The lowest BCUT2D eigenvalue weighted by atomic mass is 10.2. The minimum atomic E-state index is -6.00. The van der Waals surface area contributed by atoms with Gasteiger partial charge in [0.15, 0.2) is 11.0 Å². The normalized spacial score (nSPS) is 14.5. The van der Waals surface area contributed by atoms with Crippen LogP contribution < -0.4 is 14.4 Å². The van der Waals surface area contributed by atoms with E-state index in [0.29, 0.717) is 0 Å². The van der Waals surface area contributed by atoms with Crippen LogP contribution >= 0.6 is 0 Å². The number of nitrogens with zero attached hydrogens (tertiary/aromatic N) is 4. The largest absolute Gasteiger partial charge is 0.673 e. The monoisotopic (exact) mass is 470 g/mol. The molecule has 4 nitrogen and oxygen atoms in total. The van der Waals surface area contributed by atoms with Gasteiger partial charge in [-0.25, -0.2) is 4.57 Å². The number of aromatic nitrogens is 2. The second-order valence-electron chi connectivity index (χ2n) is 7.31. The molecule has 2 aromatic carbocycles. The van der Waals surface area contributed by atoms with Crippen molar-refractivity contribution in [3.8, 4) is 0 Å². The summed E-state index contributed by atoms with van der Waals surface area (Å²) in [6.45, 7) is 14.2. The van der Waals surface area contributed by atoms with E-state index in [9.17, 15) is 17.3 Å². The van der Waals surface area contributed by atoms with Crippen LogP contribution in [0.5, 0.6) is 0 Å². The summed E-state index contributed by atoms with van der Waals surface area (Å²) >= 11 is 0. The molecule has 0 fully saturated rings. The summed E-state index contributed by atoms with van der Waals surface area (Å²) < 4.78 is 43.4. The van der Waals surface area contributed by atoms with Crippen LogP contribution in [-0.4, -0.2) is 18.4 Å². The maximum Gasteiger partial charge on any atom is 0.673 e. The molecule has 1 aromatic heterocycles. The maximum atomic E-state index is 9.75. The van der Waals surface area contributed by atoms with Crippen LogP contribution in [0.3, 0.4) is 0 Å². The average molecular weight is 470 g/mol. The van der Waals surface area contributed by atoms with Crippen molar-refractivity contribution in [1.29, 1.82) is 0 Å². The number of hydrogen-bond acceptors (Lipinski definition) is 2. The molecule has 0 aliphatic carbocycles. The van der Waals surface area contributed by atoms with Gasteiger partial charge >= 0.3 is 7.25 Å². The van der Waals surface area contributed by atoms with Gasteiger partial charge in [0, 0.05) is 18.8 Å². The van der Waals surface area contributed by atoms with Crippen LogP contribution in [0, 0.1) is 0 Å². The summed E-state index contributed by atoms with van der Waals surface area (Å²) in [5.41, 5.74) is 4.73. The van der Waals surface area contributed by atoms with Crippen molar-refractivity contribution in [3.63, 3.8) is 0 Å². The molecular formula is C25H27BF4N4. The number of anilines is 2. The Bertz CT molecular complexity index is 1240. The maximum absolute atomic E-state index is 9.75. The van der Waals surface area contributed by atoms with Gasteiger partial charge in [0.05, 0.1) is 24.1 Å². The number of allylic oxidation sites excluding steroid dienone is 2. The van der Waals surface area contributed by atoms with Gasteiger partial charge in [-0.1, -0.05) is 43.5 Å². The number of hydrogen-bond donors (Lipinski definition) is 0. The molecule has 0 atom stereocenters. The minimum Gasteiger partial charge on any atom is -0.418 e. The lowest BCUT2D eigenvalue weighted by Gasteiger charge is -2.21. The van der Waals surface area contributed by atoms with Crippen molar-refractivity contribution in [2.24, 2.45) is 0 Å². The quantitative estimate of drug-likeness (QED) is 0.227. The molecule has 0 N–H and O–H groups in total. The second kappa shape index (κ2) is 10.5. The lowest BCUT2D eigenvalue weighted by molar-refractivity contribution is -0.670. The highest BCUT2D eigenvalue weighted by Crippen LogP contribution is 2.41. The number of aryl methyl sites for hydroxylation is 1. The molecule has 2 heterocycles. The fourth-order valence-corrected chi connectivity index (χ4v) is 4.16. The third-order valence-corrected chi connectivity index (χ3v) is 5.40. The molecule has 34 heavy (non-hydrogen) atoms. The fourth-order valence-electron chi connectivity index (χ4n) is 4.16. The van der Waals surface area contributed by atoms with Crippen molar-refractivity contribution in [2.45, 2.75) is 20.4 Å². The molecule has 1 aliphatic rings. The Labute approximate surface area is 197 Å². The molecule has 0 radical (unpaired) electrons. The molecule has 0 saturated heterocycles. The van der Waals surface area contributed by atoms with Crippen molar-refractivity contribution < 1.29 is 21.8 Å². The average Bonchev–Trinajstić information content (AvgIpc) is 3.28. The topological polar surface area (TPSA) is 15.3 Å². The zero-order chi connectivity index (χ0) is 24.9. The number of benzene rings is 2. The molecule has 0 bridgehead atoms. The molecule has 0 spiro atoms. The zero-order valence-electron chi connectivity index (χ0n) is 19.2. The van der Waals surface area contributed by atoms with Crippen LogP contribution in [0.4, 0.5) is 28.6 Å². The number of imidazole rings is 1. The standard InChI is InChI=1S/C25H27N4.BF4/c1-5-26-20-14-9-10-15-21(20)27(6-2)24(26)18-13-19-25-28(7-3)22-16-11-12-17-23(22)29(25)8-4;2-1(3,4)5/h5,7,9-19H,1,3,6,8H2,2,4H3;/q+1;-1. The third-order valence-electron chi connectivity index (χ3n) is 5.40. The Hall–Kier alpha value is -3.75. The summed E-state index contributed by atoms with van der Waals surface area (Å²) in [4.78, 5) is 4.44. The van der Waals surface area contributed by atoms with E-state index in [1.54, 1.807) is 0 Å². The van der Waals surface area contributed by atoms with Crippen molar-refractivity contribution in [2.75, 3.05) is 16.3 Å². The highest BCUT2D eigenvalue weighted by Gasteiger charge is 2.28. The molecule has 4 rings (SSSR count). The third kappa shape index (κ3) is 5.08. The Kier molecular flexibility index (Phi) is 7.66. The summed E-state index contributed by atoms with van der Waals surface area (Å²) in [6.07, 6.45) is 10.2. The van der Waals surface area contributed by atoms with Crippen LogP contribution in [0.15, 0.2) is 85.9 Å². The SMILES string of the molecule is C=CN1/C(=C\C=C\c2n(C=C)c3ccccc3[n+]2CC)N(CC)c2ccccc21.F[B-](F)(F)F. The summed E-state index contributed by atoms with van der Waals surface area (Å²) in [5, 5.41) is 0. The molecule has 0 amide bonds. The van der Waals surface area contributed by atoms with Crippen LogP contribution in [0.2, 0.25) is 0 Å². The molecule has 9 heteroatoms. The Morgan fingerprint density at radius 1 is 0.912 bits per heavy atom. The Balaban J connectivity index is 0.000000588. The van der Waals surface area contributed by atoms with Gasteiger partial charge in [-0.15, -0.1) is 0 Å².